The highest BCUT2D eigenvalue weighted by atomic mass is 32.2. The maximum Gasteiger partial charge on any atom is 0.265 e. The van der Waals surface area contributed by atoms with Crippen molar-refractivity contribution in [2.75, 3.05) is 37.1 Å². The van der Waals surface area contributed by atoms with Gasteiger partial charge in [-0.05, 0) is 79.8 Å². The first-order valence-electron chi connectivity index (χ1n) is 12.1. The van der Waals surface area contributed by atoms with Crippen LogP contribution in [0.25, 0.3) is 10.8 Å². The van der Waals surface area contributed by atoms with Gasteiger partial charge >= 0.3 is 0 Å². The molecule has 172 valence electrons. The Kier molecular flexibility index (Phi) is 5.30. The quantitative estimate of drug-likeness (QED) is 0.551. The Morgan fingerprint density at radius 3 is 2.52 bits per heavy atom. The Morgan fingerprint density at radius 2 is 1.67 bits per heavy atom. The molecule has 0 radical (unpaired) electrons. The van der Waals surface area contributed by atoms with Gasteiger partial charge in [-0.15, -0.1) is 0 Å². The maximum absolute atomic E-state index is 13.2. The Labute approximate surface area is 196 Å². The van der Waals surface area contributed by atoms with E-state index >= 15 is 0 Å². The van der Waals surface area contributed by atoms with E-state index in [9.17, 15) is 8.42 Å². The smallest absolute Gasteiger partial charge is 0.265 e. The van der Waals surface area contributed by atoms with E-state index in [1.807, 2.05) is 36.4 Å². The molecule has 0 aliphatic carbocycles. The third-order valence-corrected chi connectivity index (χ3v) is 9.49. The number of nitrogens with zero attached hydrogens (tertiary/aromatic N) is 2. The molecule has 3 heterocycles. The molecule has 3 aromatic carbocycles. The van der Waals surface area contributed by atoms with Crippen LogP contribution in [0.5, 0.6) is 5.75 Å². The summed E-state index contributed by atoms with van der Waals surface area (Å²) in [5.41, 5.74) is 2.17. The van der Waals surface area contributed by atoms with Crippen molar-refractivity contribution in [3.8, 4) is 5.75 Å². The molecule has 6 heteroatoms. The van der Waals surface area contributed by atoms with Crippen LogP contribution in [0.4, 0.5) is 5.69 Å². The van der Waals surface area contributed by atoms with Crippen molar-refractivity contribution in [1.82, 2.24) is 4.90 Å². The van der Waals surface area contributed by atoms with Crippen LogP contribution in [0.15, 0.2) is 65.6 Å². The van der Waals surface area contributed by atoms with Crippen molar-refractivity contribution < 1.29 is 13.2 Å². The Balaban J connectivity index is 1.05. The highest BCUT2D eigenvalue weighted by molar-refractivity contribution is 7.93. The number of piperidine rings is 1. The molecular formula is C27H30N2O3S. The Morgan fingerprint density at radius 1 is 0.879 bits per heavy atom. The molecule has 33 heavy (non-hydrogen) atoms. The number of hydrogen-bond acceptors (Lipinski definition) is 4. The monoisotopic (exact) mass is 462 g/mol. The maximum atomic E-state index is 13.2. The summed E-state index contributed by atoms with van der Waals surface area (Å²) in [6.07, 6.45) is 4.71. The largest absolute Gasteiger partial charge is 0.493 e. The van der Waals surface area contributed by atoms with Crippen LogP contribution < -0.4 is 9.04 Å². The van der Waals surface area contributed by atoms with Gasteiger partial charge in [0.15, 0.2) is 0 Å². The summed E-state index contributed by atoms with van der Waals surface area (Å²) in [5.74, 6) is 2.39. The SMILES string of the molecule is O=S1(=O)c2cccc3cccc(c23)N1CCN1CCC(CC2COc3ccccc3C2)CC1. The Hall–Kier alpha value is -2.57. The van der Waals surface area contributed by atoms with Crippen LogP contribution >= 0.6 is 0 Å². The fourth-order valence-electron chi connectivity index (χ4n) is 5.89. The van der Waals surface area contributed by atoms with Crippen LogP contribution in [0.3, 0.4) is 0 Å². The lowest BCUT2D eigenvalue weighted by atomic mass is 9.83. The molecule has 6 rings (SSSR count). The summed E-state index contributed by atoms with van der Waals surface area (Å²) in [6.45, 7) is 4.19. The predicted molar refractivity (Wildman–Crippen MR) is 131 cm³/mol. The van der Waals surface area contributed by atoms with E-state index in [0.29, 0.717) is 17.4 Å². The second kappa shape index (κ2) is 8.33. The van der Waals surface area contributed by atoms with E-state index in [1.54, 1.807) is 10.4 Å². The lowest BCUT2D eigenvalue weighted by Crippen LogP contribution is -2.41. The minimum absolute atomic E-state index is 0.450. The van der Waals surface area contributed by atoms with Crippen LogP contribution in [-0.4, -0.2) is 46.1 Å². The molecule has 5 nitrogen and oxygen atoms in total. The van der Waals surface area contributed by atoms with Crippen molar-refractivity contribution >= 4 is 26.5 Å². The molecule has 1 fully saturated rings. The van der Waals surface area contributed by atoms with E-state index in [4.69, 9.17) is 4.74 Å². The standard InChI is InChI=1S/C27H30N2O3S/c30-33(31)26-10-4-7-22-6-3-8-24(27(22)26)29(33)16-15-28-13-11-20(12-14-28)17-21-18-23-5-1-2-9-25(23)32-19-21/h1-10,20-21H,11-19H2. The van der Waals surface area contributed by atoms with Gasteiger partial charge in [-0.3, -0.25) is 4.31 Å². The fraction of sp³-hybridized carbons (Fsp3) is 0.407. The lowest BCUT2D eigenvalue weighted by molar-refractivity contribution is 0.144. The zero-order valence-corrected chi connectivity index (χ0v) is 19.6. The number of fused-ring (bicyclic) bond motifs is 1. The van der Waals surface area contributed by atoms with E-state index in [2.05, 4.69) is 23.1 Å². The van der Waals surface area contributed by atoms with Gasteiger partial charge in [0, 0.05) is 18.5 Å². The molecule has 0 saturated carbocycles. The number of benzene rings is 3. The highest BCUT2D eigenvalue weighted by Gasteiger charge is 2.35. The zero-order chi connectivity index (χ0) is 22.4. The van der Waals surface area contributed by atoms with Crippen molar-refractivity contribution in [3.63, 3.8) is 0 Å². The molecule has 3 aromatic rings. The van der Waals surface area contributed by atoms with Gasteiger partial charge < -0.3 is 9.64 Å². The molecular weight excluding hydrogens is 432 g/mol. The number of anilines is 1. The molecule has 0 spiro atoms. The van der Waals surface area contributed by atoms with Crippen LogP contribution in [0.1, 0.15) is 24.8 Å². The lowest BCUT2D eigenvalue weighted by Gasteiger charge is -2.35. The van der Waals surface area contributed by atoms with E-state index in [-0.39, 0.29) is 0 Å². The first kappa shape index (κ1) is 21.0. The minimum atomic E-state index is -3.46. The number of ether oxygens (including phenoxy) is 1. The van der Waals surface area contributed by atoms with Gasteiger partial charge in [0.2, 0.25) is 0 Å². The molecule has 0 N–H and O–H groups in total. The Bertz CT molecular complexity index is 1280. The molecule has 1 atom stereocenters. The third kappa shape index (κ3) is 3.79. The summed E-state index contributed by atoms with van der Waals surface area (Å²) in [6, 6.07) is 19.8. The average Bonchev–Trinajstić information content (AvgIpc) is 3.06. The summed E-state index contributed by atoms with van der Waals surface area (Å²) in [4.78, 5) is 2.88. The number of sulfonamides is 1. The molecule has 1 unspecified atom stereocenters. The third-order valence-electron chi connectivity index (χ3n) is 7.63. The van der Waals surface area contributed by atoms with Crippen LogP contribution in [0.2, 0.25) is 0 Å². The summed E-state index contributed by atoms with van der Waals surface area (Å²) in [5, 5.41) is 1.86. The van der Waals surface area contributed by atoms with Crippen molar-refractivity contribution in [2.24, 2.45) is 11.8 Å². The van der Waals surface area contributed by atoms with E-state index in [1.165, 1.54) is 24.8 Å². The summed E-state index contributed by atoms with van der Waals surface area (Å²) in [7, 11) is -3.46. The van der Waals surface area contributed by atoms with Crippen molar-refractivity contribution in [2.45, 2.75) is 30.6 Å². The number of rotatable bonds is 5. The molecule has 3 aliphatic heterocycles. The molecule has 3 aliphatic rings. The number of likely N-dealkylation sites (tertiary alicyclic amines) is 1. The predicted octanol–water partition coefficient (Wildman–Crippen LogP) is 4.70. The number of para-hydroxylation sites is 1. The van der Waals surface area contributed by atoms with Gasteiger partial charge in [-0.2, -0.15) is 0 Å². The second-order valence-corrected chi connectivity index (χ2v) is 11.5. The fourth-order valence-corrected chi connectivity index (χ4v) is 7.59. The molecule has 1 saturated heterocycles. The van der Waals surface area contributed by atoms with E-state index in [0.717, 1.165) is 60.8 Å². The van der Waals surface area contributed by atoms with Gasteiger partial charge in [0.05, 0.1) is 17.2 Å². The topological polar surface area (TPSA) is 49.9 Å². The van der Waals surface area contributed by atoms with Crippen molar-refractivity contribution in [3.05, 3.63) is 66.2 Å². The summed E-state index contributed by atoms with van der Waals surface area (Å²) >= 11 is 0. The first-order valence-corrected chi connectivity index (χ1v) is 13.5. The minimum Gasteiger partial charge on any atom is -0.493 e. The zero-order valence-electron chi connectivity index (χ0n) is 18.8. The molecule has 0 amide bonds. The van der Waals surface area contributed by atoms with Gasteiger partial charge in [-0.25, -0.2) is 8.42 Å². The second-order valence-electron chi connectivity index (χ2n) is 9.72. The van der Waals surface area contributed by atoms with E-state index < -0.39 is 10.0 Å². The summed E-state index contributed by atoms with van der Waals surface area (Å²) < 4.78 is 34.0. The molecule has 0 aromatic heterocycles. The first-order chi connectivity index (χ1) is 16.1. The highest BCUT2D eigenvalue weighted by Crippen LogP contribution is 2.42. The van der Waals surface area contributed by atoms with Gasteiger partial charge in [0.25, 0.3) is 10.0 Å². The van der Waals surface area contributed by atoms with Crippen molar-refractivity contribution in [1.29, 1.82) is 0 Å². The normalized spacial score (nSPS) is 22.3. The van der Waals surface area contributed by atoms with Crippen LogP contribution in [-0.2, 0) is 16.4 Å². The number of hydrogen-bond donors (Lipinski definition) is 0. The van der Waals surface area contributed by atoms with Gasteiger partial charge in [-0.1, -0.05) is 42.5 Å². The molecule has 0 bridgehead atoms. The van der Waals surface area contributed by atoms with Gasteiger partial charge in [0.1, 0.15) is 5.75 Å². The average molecular weight is 463 g/mol. The van der Waals surface area contributed by atoms with Crippen LogP contribution in [0, 0.1) is 11.8 Å².